The first-order chi connectivity index (χ1) is 12.9. The fourth-order valence-corrected chi connectivity index (χ4v) is 3.42. The van der Waals surface area contributed by atoms with Crippen LogP contribution in [0.5, 0.6) is 0 Å². The van der Waals surface area contributed by atoms with Crippen LogP contribution in [-0.2, 0) is 17.5 Å². The Kier molecular flexibility index (Phi) is 5.81. The first kappa shape index (κ1) is 19.4. The minimum Gasteiger partial charge on any atom is -0.415 e. The molecule has 1 atom stereocenters. The summed E-state index contributed by atoms with van der Waals surface area (Å²) in [7, 11) is -1.46. The molecule has 1 unspecified atom stereocenters. The van der Waals surface area contributed by atoms with Gasteiger partial charge in [0.1, 0.15) is 16.8 Å². The standard InChI is InChI=1S/C17H13ClF3N3O2S/c1-27(25)24(14-5-3-2-4-12(14)18)9-11-7-6-10(8-13(11)19)16-22-23-17(26-16)15(20)21/h2-8,15H,9H2,1H3. The van der Waals surface area contributed by atoms with Crippen LogP contribution in [0.15, 0.2) is 46.9 Å². The summed E-state index contributed by atoms with van der Waals surface area (Å²) in [5.74, 6) is -1.68. The lowest BCUT2D eigenvalue weighted by atomic mass is 10.1. The summed E-state index contributed by atoms with van der Waals surface area (Å²) in [4.78, 5) is 0. The van der Waals surface area contributed by atoms with Crippen molar-refractivity contribution in [1.29, 1.82) is 0 Å². The largest absolute Gasteiger partial charge is 0.415 e. The number of rotatable bonds is 6. The number of hydrogen-bond donors (Lipinski definition) is 0. The molecule has 3 aromatic rings. The van der Waals surface area contributed by atoms with Crippen molar-refractivity contribution < 1.29 is 21.8 Å². The van der Waals surface area contributed by atoms with Gasteiger partial charge in [0.05, 0.1) is 17.3 Å². The zero-order chi connectivity index (χ0) is 19.6. The number of aromatic nitrogens is 2. The minimum atomic E-state index is -2.90. The van der Waals surface area contributed by atoms with E-state index >= 15 is 0 Å². The van der Waals surface area contributed by atoms with Gasteiger partial charge in [-0.1, -0.05) is 29.8 Å². The van der Waals surface area contributed by atoms with Crippen LogP contribution >= 0.6 is 11.6 Å². The normalized spacial score (nSPS) is 12.4. The molecule has 5 nitrogen and oxygen atoms in total. The number of halogens is 4. The molecule has 3 rings (SSSR count). The maximum Gasteiger partial charge on any atom is 0.314 e. The molecule has 142 valence electrons. The van der Waals surface area contributed by atoms with Gasteiger partial charge in [0.2, 0.25) is 5.89 Å². The molecule has 2 aromatic carbocycles. The van der Waals surface area contributed by atoms with Crippen LogP contribution < -0.4 is 4.31 Å². The number of nitrogens with zero attached hydrogens (tertiary/aromatic N) is 3. The average Bonchev–Trinajstić information content (AvgIpc) is 3.12. The number of hydrogen-bond acceptors (Lipinski definition) is 4. The van der Waals surface area contributed by atoms with Crippen molar-refractivity contribution in [3.63, 3.8) is 0 Å². The molecule has 0 aliphatic heterocycles. The van der Waals surface area contributed by atoms with Crippen LogP contribution in [0.25, 0.3) is 11.5 Å². The Balaban J connectivity index is 1.88. The van der Waals surface area contributed by atoms with Gasteiger partial charge in [-0.15, -0.1) is 10.2 Å². The molecule has 0 amide bonds. The maximum atomic E-state index is 14.5. The number of para-hydroxylation sites is 1. The second-order valence-corrected chi connectivity index (χ2v) is 7.16. The molecule has 0 saturated carbocycles. The minimum absolute atomic E-state index is 0.00885. The van der Waals surface area contributed by atoms with Crippen molar-refractivity contribution in [2.24, 2.45) is 0 Å². The molecule has 0 spiro atoms. The van der Waals surface area contributed by atoms with E-state index in [1.54, 1.807) is 24.3 Å². The van der Waals surface area contributed by atoms with Gasteiger partial charge in [0.25, 0.3) is 5.89 Å². The highest BCUT2D eigenvalue weighted by atomic mass is 35.5. The van der Waals surface area contributed by atoms with E-state index in [-0.39, 0.29) is 23.6 Å². The topological polar surface area (TPSA) is 59.2 Å². The molecule has 0 aliphatic carbocycles. The molecule has 27 heavy (non-hydrogen) atoms. The van der Waals surface area contributed by atoms with Crippen molar-refractivity contribution >= 4 is 28.3 Å². The summed E-state index contributed by atoms with van der Waals surface area (Å²) in [6.07, 6.45) is -1.45. The average molecular weight is 416 g/mol. The first-order valence-electron chi connectivity index (χ1n) is 7.62. The third-order valence-corrected chi connectivity index (χ3v) is 4.94. The summed E-state index contributed by atoms with van der Waals surface area (Å²) < 4.78 is 58.0. The van der Waals surface area contributed by atoms with Gasteiger partial charge < -0.3 is 4.42 Å². The Morgan fingerprint density at radius 2 is 1.96 bits per heavy atom. The van der Waals surface area contributed by atoms with E-state index < -0.39 is 29.1 Å². The lowest BCUT2D eigenvalue weighted by Gasteiger charge is -2.23. The summed E-state index contributed by atoms with van der Waals surface area (Å²) >= 11 is 6.14. The molecule has 10 heteroatoms. The predicted molar refractivity (Wildman–Crippen MR) is 96.4 cm³/mol. The molecular weight excluding hydrogens is 403 g/mol. The Labute approximate surface area is 160 Å². The van der Waals surface area contributed by atoms with Crippen molar-refractivity contribution in [1.82, 2.24) is 10.2 Å². The van der Waals surface area contributed by atoms with Crippen LogP contribution in [0, 0.1) is 5.82 Å². The quantitative estimate of drug-likeness (QED) is 0.582. The summed E-state index contributed by atoms with van der Waals surface area (Å²) in [5, 5.41) is 7.08. The van der Waals surface area contributed by atoms with E-state index in [4.69, 9.17) is 16.0 Å². The molecule has 0 fully saturated rings. The smallest absolute Gasteiger partial charge is 0.314 e. The lowest BCUT2D eigenvalue weighted by Crippen LogP contribution is -2.25. The fourth-order valence-electron chi connectivity index (χ4n) is 2.37. The van der Waals surface area contributed by atoms with Crippen LogP contribution in [-0.4, -0.2) is 20.7 Å². The monoisotopic (exact) mass is 415 g/mol. The first-order valence-corrected chi connectivity index (χ1v) is 9.52. The highest BCUT2D eigenvalue weighted by Gasteiger charge is 2.19. The molecule has 0 aliphatic rings. The molecule has 0 N–H and O–H groups in total. The Morgan fingerprint density at radius 1 is 1.22 bits per heavy atom. The Hall–Kier alpha value is -2.39. The van der Waals surface area contributed by atoms with E-state index in [9.17, 15) is 17.4 Å². The van der Waals surface area contributed by atoms with Crippen LogP contribution in [0.1, 0.15) is 17.9 Å². The Bertz CT molecular complexity index is 984. The molecule has 0 bridgehead atoms. The maximum absolute atomic E-state index is 14.5. The predicted octanol–water partition coefficient (Wildman–Crippen LogP) is 4.77. The van der Waals surface area contributed by atoms with Gasteiger partial charge in [-0.05, 0) is 24.3 Å². The number of alkyl halides is 2. The molecule has 0 saturated heterocycles. The third kappa shape index (κ3) is 4.30. The van der Waals surface area contributed by atoms with Gasteiger partial charge >= 0.3 is 6.43 Å². The fraction of sp³-hybridized carbons (Fsp3) is 0.176. The molecule has 1 aromatic heterocycles. The lowest BCUT2D eigenvalue weighted by molar-refractivity contribution is 0.116. The molecule has 1 heterocycles. The van der Waals surface area contributed by atoms with E-state index in [1.165, 1.54) is 22.7 Å². The van der Waals surface area contributed by atoms with E-state index in [0.717, 1.165) is 6.07 Å². The van der Waals surface area contributed by atoms with Crippen molar-refractivity contribution in [3.05, 3.63) is 64.8 Å². The summed E-state index contributed by atoms with van der Waals surface area (Å²) in [6.45, 7) is -0.00885. The highest BCUT2D eigenvalue weighted by Crippen LogP contribution is 2.29. The zero-order valence-electron chi connectivity index (χ0n) is 13.9. The molecule has 0 radical (unpaired) electrons. The van der Waals surface area contributed by atoms with Gasteiger partial charge in [0.15, 0.2) is 0 Å². The zero-order valence-corrected chi connectivity index (χ0v) is 15.5. The SMILES string of the molecule is CS(=O)N(Cc1ccc(-c2nnc(C(F)F)o2)cc1F)c1ccccc1Cl. The van der Waals surface area contributed by atoms with Crippen molar-refractivity contribution in [3.8, 4) is 11.5 Å². The molecular formula is C17H13ClF3N3O2S. The second-order valence-electron chi connectivity index (χ2n) is 5.46. The van der Waals surface area contributed by atoms with Crippen LogP contribution in [0.4, 0.5) is 18.9 Å². The number of anilines is 1. The van der Waals surface area contributed by atoms with E-state index in [2.05, 4.69) is 10.2 Å². The van der Waals surface area contributed by atoms with Gasteiger partial charge in [-0.2, -0.15) is 8.78 Å². The highest BCUT2D eigenvalue weighted by molar-refractivity contribution is 7.85. The summed E-state index contributed by atoms with van der Waals surface area (Å²) in [5.41, 5.74) is 0.905. The van der Waals surface area contributed by atoms with Crippen molar-refractivity contribution in [2.75, 3.05) is 10.6 Å². The van der Waals surface area contributed by atoms with Gasteiger partial charge in [-0.3, -0.25) is 4.31 Å². The van der Waals surface area contributed by atoms with Crippen molar-refractivity contribution in [2.45, 2.75) is 13.0 Å². The second kappa shape index (κ2) is 8.10. The third-order valence-electron chi connectivity index (χ3n) is 3.67. The number of benzene rings is 2. The van der Waals surface area contributed by atoms with Gasteiger partial charge in [-0.25, -0.2) is 8.60 Å². The van der Waals surface area contributed by atoms with Gasteiger partial charge in [0, 0.05) is 17.4 Å². The van der Waals surface area contributed by atoms with E-state index in [0.29, 0.717) is 10.7 Å². The summed E-state index contributed by atoms with van der Waals surface area (Å²) in [6, 6.07) is 10.8. The van der Waals surface area contributed by atoms with E-state index in [1.807, 2.05) is 0 Å². The van der Waals surface area contributed by atoms with Crippen LogP contribution in [0.2, 0.25) is 5.02 Å². The Morgan fingerprint density at radius 3 is 2.56 bits per heavy atom. The van der Waals surface area contributed by atoms with Crippen LogP contribution in [0.3, 0.4) is 0 Å².